The summed E-state index contributed by atoms with van der Waals surface area (Å²) >= 11 is 6.31. The Morgan fingerprint density at radius 1 is 1.33 bits per heavy atom. The summed E-state index contributed by atoms with van der Waals surface area (Å²) in [6.07, 6.45) is 8.78. The molecule has 3 rings (SSSR count). The maximum Gasteiger partial charge on any atom is 0.0521 e. The molecule has 0 spiro atoms. The Balaban J connectivity index is 1.67. The molecule has 0 saturated heterocycles. The van der Waals surface area contributed by atoms with Gasteiger partial charge in [-0.05, 0) is 55.3 Å². The average Bonchev–Trinajstić information content (AvgIpc) is 3.21. The highest BCUT2D eigenvalue weighted by molar-refractivity contribution is 6.31. The third kappa shape index (κ3) is 4.32. The van der Waals surface area contributed by atoms with Crippen molar-refractivity contribution in [2.45, 2.75) is 31.7 Å². The highest BCUT2D eigenvalue weighted by atomic mass is 35.5. The molecule has 0 radical (unpaired) electrons. The van der Waals surface area contributed by atoms with E-state index in [4.69, 9.17) is 11.6 Å². The van der Waals surface area contributed by atoms with Crippen molar-refractivity contribution < 1.29 is 0 Å². The van der Waals surface area contributed by atoms with Gasteiger partial charge in [-0.3, -0.25) is 4.68 Å². The molecule has 1 aliphatic carbocycles. The smallest absolute Gasteiger partial charge is 0.0521 e. The van der Waals surface area contributed by atoms with Crippen LogP contribution in [0.3, 0.4) is 0 Å². The predicted molar refractivity (Wildman–Crippen MR) is 86.6 cm³/mol. The molecule has 4 heteroatoms. The number of rotatable bonds is 7. The van der Waals surface area contributed by atoms with E-state index >= 15 is 0 Å². The first-order chi connectivity index (χ1) is 10.2. The number of aromatic nitrogens is 2. The fourth-order valence-electron chi connectivity index (χ4n) is 2.72. The van der Waals surface area contributed by atoms with Gasteiger partial charge in [0.1, 0.15) is 0 Å². The van der Waals surface area contributed by atoms with Gasteiger partial charge in [0.25, 0.3) is 0 Å². The summed E-state index contributed by atoms with van der Waals surface area (Å²) in [5.41, 5.74) is 2.54. The normalized spacial score (nSPS) is 16.1. The van der Waals surface area contributed by atoms with Gasteiger partial charge in [-0.25, -0.2) is 0 Å². The molecule has 0 amide bonds. The van der Waals surface area contributed by atoms with E-state index in [1.54, 1.807) is 0 Å². The van der Waals surface area contributed by atoms with E-state index in [1.165, 1.54) is 24.0 Å². The topological polar surface area (TPSA) is 29.9 Å². The van der Waals surface area contributed by atoms with Crippen molar-refractivity contribution in [2.75, 3.05) is 6.54 Å². The second kappa shape index (κ2) is 6.63. The van der Waals surface area contributed by atoms with Crippen LogP contribution >= 0.6 is 11.6 Å². The Kier molecular flexibility index (Phi) is 4.61. The lowest BCUT2D eigenvalue weighted by Gasteiger charge is -2.18. The maximum atomic E-state index is 6.31. The van der Waals surface area contributed by atoms with E-state index in [0.717, 1.165) is 30.5 Å². The first-order valence-corrected chi connectivity index (χ1v) is 8.03. The Bertz CT molecular complexity index is 589. The minimum Gasteiger partial charge on any atom is -0.314 e. The summed E-state index contributed by atoms with van der Waals surface area (Å²) in [4.78, 5) is 0. The molecule has 0 bridgehead atoms. The van der Waals surface area contributed by atoms with Gasteiger partial charge in [-0.1, -0.05) is 29.8 Å². The number of hydrogen-bond donors (Lipinski definition) is 1. The van der Waals surface area contributed by atoms with E-state index in [-0.39, 0.29) is 0 Å². The zero-order valence-corrected chi connectivity index (χ0v) is 13.2. The SMILES string of the molecule is Cn1cc(CC(CNC2CC2)Cc2ccccc2Cl)cn1. The van der Waals surface area contributed by atoms with E-state index < -0.39 is 0 Å². The van der Waals surface area contributed by atoms with Crippen LogP contribution in [-0.4, -0.2) is 22.4 Å². The molecule has 1 fully saturated rings. The minimum absolute atomic E-state index is 0.551. The highest BCUT2D eigenvalue weighted by Crippen LogP contribution is 2.23. The van der Waals surface area contributed by atoms with Gasteiger partial charge in [-0.15, -0.1) is 0 Å². The van der Waals surface area contributed by atoms with Gasteiger partial charge >= 0.3 is 0 Å². The van der Waals surface area contributed by atoms with Crippen molar-refractivity contribution in [1.29, 1.82) is 0 Å². The lowest BCUT2D eigenvalue weighted by Crippen LogP contribution is -2.27. The average molecular weight is 304 g/mol. The standard InChI is InChI=1S/C17H22ClN3/c1-21-12-14(11-20-21)8-13(10-19-16-6-7-16)9-15-4-2-3-5-17(15)18/h2-5,11-13,16,19H,6-10H2,1H3. The molecule has 1 atom stereocenters. The summed E-state index contributed by atoms with van der Waals surface area (Å²) in [6, 6.07) is 8.91. The summed E-state index contributed by atoms with van der Waals surface area (Å²) in [5, 5.41) is 8.80. The molecule has 1 heterocycles. The molecule has 3 nitrogen and oxygen atoms in total. The van der Waals surface area contributed by atoms with Crippen LogP contribution in [0, 0.1) is 5.92 Å². The van der Waals surface area contributed by atoms with Gasteiger partial charge in [0.15, 0.2) is 0 Å². The molecule has 1 N–H and O–H groups in total. The van der Waals surface area contributed by atoms with Crippen LogP contribution in [0.25, 0.3) is 0 Å². The second-order valence-corrected chi connectivity index (χ2v) is 6.48. The molecule has 1 aromatic heterocycles. The van der Waals surface area contributed by atoms with E-state index in [2.05, 4.69) is 28.7 Å². The largest absolute Gasteiger partial charge is 0.314 e. The van der Waals surface area contributed by atoms with E-state index in [0.29, 0.717) is 5.92 Å². The molecule has 1 saturated carbocycles. The van der Waals surface area contributed by atoms with E-state index in [1.807, 2.05) is 30.1 Å². The number of nitrogens with one attached hydrogen (secondary N) is 1. The quantitative estimate of drug-likeness (QED) is 0.851. The number of aryl methyl sites for hydroxylation is 1. The van der Waals surface area contributed by atoms with Crippen molar-refractivity contribution in [1.82, 2.24) is 15.1 Å². The predicted octanol–water partition coefficient (Wildman–Crippen LogP) is 3.23. The molecule has 1 aromatic carbocycles. The van der Waals surface area contributed by atoms with Crippen LogP contribution in [-0.2, 0) is 19.9 Å². The fourth-order valence-corrected chi connectivity index (χ4v) is 2.94. The summed E-state index contributed by atoms with van der Waals surface area (Å²) < 4.78 is 1.87. The van der Waals surface area contributed by atoms with Crippen molar-refractivity contribution in [3.05, 3.63) is 52.8 Å². The number of benzene rings is 1. The monoisotopic (exact) mass is 303 g/mol. The zero-order valence-electron chi connectivity index (χ0n) is 12.4. The molecule has 1 aliphatic rings. The van der Waals surface area contributed by atoms with Crippen molar-refractivity contribution in [3.8, 4) is 0 Å². The lowest BCUT2D eigenvalue weighted by atomic mass is 9.93. The van der Waals surface area contributed by atoms with Crippen LogP contribution < -0.4 is 5.32 Å². The Labute approximate surface area is 131 Å². The highest BCUT2D eigenvalue weighted by Gasteiger charge is 2.22. The third-order valence-corrected chi connectivity index (χ3v) is 4.39. The van der Waals surface area contributed by atoms with Gasteiger partial charge in [-0.2, -0.15) is 5.10 Å². The van der Waals surface area contributed by atoms with Gasteiger partial charge < -0.3 is 5.32 Å². The van der Waals surface area contributed by atoms with Crippen LogP contribution in [0.4, 0.5) is 0 Å². The molecule has 21 heavy (non-hydrogen) atoms. The summed E-state index contributed by atoms with van der Waals surface area (Å²) in [5.74, 6) is 0.551. The van der Waals surface area contributed by atoms with Gasteiger partial charge in [0, 0.05) is 24.3 Å². The first kappa shape index (κ1) is 14.6. The van der Waals surface area contributed by atoms with Crippen LogP contribution in [0.15, 0.2) is 36.7 Å². The second-order valence-electron chi connectivity index (χ2n) is 6.07. The summed E-state index contributed by atoms with van der Waals surface area (Å²) in [6.45, 7) is 1.05. The Hall–Kier alpha value is -1.32. The Morgan fingerprint density at radius 3 is 2.81 bits per heavy atom. The van der Waals surface area contributed by atoms with Crippen molar-refractivity contribution in [3.63, 3.8) is 0 Å². The molecule has 1 unspecified atom stereocenters. The fraction of sp³-hybridized carbons (Fsp3) is 0.471. The van der Waals surface area contributed by atoms with Crippen LogP contribution in [0.5, 0.6) is 0 Å². The maximum absolute atomic E-state index is 6.31. The summed E-state index contributed by atoms with van der Waals surface area (Å²) in [7, 11) is 1.97. The molecular formula is C17H22ClN3. The molecular weight excluding hydrogens is 282 g/mol. The van der Waals surface area contributed by atoms with Crippen molar-refractivity contribution in [2.24, 2.45) is 13.0 Å². The van der Waals surface area contributed by atoms with Gasteiger partial charge in [0.05, 0.1) is 6.20 Å². The van der Waals surface area contributed by atoms with Gasteiger partial charge in [0.2, 0.25) is 0 Å². The molecule has 0 aliphatic heterocycles. The first-order valence-electron chi connectivity index (χ1n) is 7.65. The molecule has 112 valence electrons. The minimum atomic E-state index is 0.551. The Morgan fingerprint density at radius 2 is 2.14 bits per heavy atom. The van der Waals surface area contributed by atoms with E-state index in [9.17, 15) is 0 Å². The third-order valence-electron chi connectivity index (χ3n) is 4.02. The number of hydrogen-bond acceptors (Lipinski definition) is 2. The number of nitrogens with zero attached hydrogens (tertiary/aromatic N) is 2. The van der Waals surface area contributed by atoms with Crippen LogP contribution in [0.1, 0.15) is 24.0 Å². The lowest BCUT2D eigenvalue weighted by molar-refractivity contribution is 0.469. The molecule has 2 aromatic rings. The zero-order chi connectivity index (χ0) is 14.7. The number of halogens is 1. The van der Waals surface area contributed by atoms with Crippen LogP contribution in [0.2, 0.25) is 5.02 Å². The van der Waals surface area contributed by atoms with Crippen molar-refractivity contribution >= 4 is 11.6 Å².